The summed E-state index contributed by atoms with van der Waals surface area (Å²) in [4.78, 5) is 35.0. The first-order valence-electron chi connectivity index (χ1n) is 7.19. The number of nitrogens with zero attached hydrogens (tertiary/aromatic N) is 1. The highest BCUT2D eigenvalue weighted by atomic mass is 16.5. The second-order valence-electron chi connectivity index (χ2n) is 4.89. The summed E-state index contributed by atoms with van der Waals surface area (Å²) in [6, 6.07) is 14.0. The molecule has 25 heavy (non-hydrogen) atoms. The van der Waals surface area contributed by atoms with E-state index in [0.29, 0.717) is 16.8 Å². The Morgan fingerprint density at radius 3 is 2.28 bits per heavy atom. The zero-order valence-electron chi connectivity index (χ0n) is 13.3. The maximum atomic E-state index is 11.9. The predicted molar refractivity (Wildman–Crippen MR) is 87.9 cm³/mol. The van der Waals surface area contributed by atoms with Crippen LogP contribution in [0.15, 0.2) is 48.5 Å². The topological polar surface area (TPSA) is 105 Å². The van der Waals surface area contributed by atoms with Gasteiger partial charge < -0.3 is 14.8 Å². The molecule has 2 rings (SSSR count). The third-order valence-corrected chi connectivity index (χ3v) is 3.15. The van der Waals surface area contributed by atoms with Gasteiger partial charge in [-0.15, -0.1) is 0 Å². The molecule has 7 nitrogen and oxygen atoms in total. The van der Waals surface area contributed by atoms with Gasteiger partial charge in [-0.05, 0) is 42.5 Å². The Kier molecular flexibility index (Phi) is 5.85. The molecule has 0 saturated heterocycles. The van der Waals surface area contributed by atoms with Crippen molar-refractivity contribution < 1.29 is 23.9 Å². The van der Waals surface area contributed by atoms with Crippen molar-refractivity contribution in [2.75, 3.05) is 19.0 Å². The van der Waals surface area contributed by atoms with Crippen LogP contribution in [0.5, 0.6) is 0 Å². The van der Waals surface area contributed by atoms with Gasteiger partial charge in [0.15, 0.2) is 6.61 Å². The summed E-state index contributed by atoms with van der Waals surface area (Å²) in [6.07, 6.45) is 0. The Hall–Kier alpha value is -3.66. The summed E-state index contributed by atoms with van der Waals surface area (Å²) in [6.45, 7) is -0.478. The molecule has 0 atom stereocenters. The number of hydrogen-bond donors (Lipinski definition) is 1. The average Bonchev–Trinajstić information content (AvgIpc) is 2.65. The van der Waals surface area contributed by atoms with Crippen LogP contribution >= 0.6 is 0 Å². The smallest absolute Gasteiger partial charge is 0.338 e. The van der Waals surface area contributed by atoms with Gasteiger partial charge in [0.25, 0.3) is 5.91 Å². The lowest BCUT2D eigenvalue weighted by Gasteiger charge is -2.07. The van der Waals surface area contributed by atoms with E-state index in [1.807, 2.05) is 6.07 Å². The van der Waals surface area contributed by atoms with Crippen LogP contribution in [0, 0.1) is 11.3 Å². The number of rotatable bonds is 5. The van der Waals surface area contributed by atoms with Crippen molar-refractivity contribution in [3.63, 3.8) is 0 Å². The van der Waals surface area contributed by atoms with Crippen LogP contribution in [0.1, 0.15) is 26.3 Å². The highest BCUT2D eigenvalue weighted by Gasteiger charge is 2.12. The van der Waals surface area contributed by atoms with Crippen molar-refractivity contribution in [2.24, 2.45) is 0 Å². The van der Waals surface area contributed by atoms with Crippen molar-refractivity contribution >= 4 is 23.5 Å². The van der Waals surface area contributed by atoms with E-state index in [4.69, 9.17) is 10.00 Å². The molecule has 126 valence electrons. The molecule has 7 heteroatoms. The van der Waals surface area contributed by atoms with Crippen LogP contribution in [0.4, 0.5) is 5.69 Å². The molecule has 0 aliphatic rings. The summed E-state index contributed by atoms with van der Waals surface area (Å²) in [5, 5.41) is 11.3. The number of carbonyl (C=O) groups is 3. The van der Waals surface area contributed by atoms with E-state index >= 15 is 0 Å². The Morgan fingerprint density at radius 2 is 1.68 bits per heavy atom. The lowest BCUT2D eigenvalue weighted by atomic mass is 10.1. The molecular weight excluding hydrogens is 324 g/mol. The zero-order chi connectivity index (χ0) is 18.2. The van der Waals surface area contributed by atoms with Gasteiger partial charge in [-0.2, -0.15) is 5.26 Å². The second-order valence-corrected chi connectivity index (χ2v) is 4.89. The van der Waals surface area contributed by atoms with E-state index in [9.17, 15) is 14.4 Å². The van der Waals surface area contributed by atoms with Gasteiger partial charge in [0, 0.05) is 5.69 Å². The quantitative estimate of drug-likeness (QED) is 0.837. The maximum absolute atomic E-state index is 11.9. The molecule has 0 unspecified atom stereocenters. The molecule has 2 aromatic rings. The van der Waals surface area contributed by atoms with Gasteiger partial charge in [0.1, 0.15) is 0 Å². The van der Waals surface area contributed by atoms with E-state index in [1.54, 1.807) is 18.2 Å². The Balaban J connectivity index is 1.89. The fraction of sp³-hybridized carbons (Fsp3) is 0.111. The fourth-order valence-corrected chi connectivity index (χ4v) is 1.94. The number of methoxy groups -OCH3 is 1. The number of hydrogen-bond acceptors (Lipinski definition) is 6. The van der Waals surface area contributed by atoms with Crippen LogP contribution in [0.25, 0.3) is 0 Å². The summed E-state index contributed by atoms with van der Waals surface area (Å²) in [7, 11) is 1.26. The number of ether oxygens (including phenoxy) is 2. The molecule has 1 amide bonds. The summed E-state index contributed by atoms with van der Waals surface area (Å²) >= 11 is 0. The highest BCUT2D eigenvalue weighted by Crippen LogP contribution is 2.10. The van der Waals surface area contributed by atoms with Crippen LogP contribution < -0.4 is 5.32 Å². The lowest BCUT2D eigenvalue weighted by molar-refractivity contribution is -0.119. The van der Waals surface area contributed by atoms with Gasteiger partial charge in [-0.25, -0.2) is 9.59 Å². The van der Waals surface area contributed by atoms with Gasteiger partial charge >= 0.3 is 11.9 Å². The molecule has 0 aliphatic carbocycles. The highest BCUT2D eigenvalue weighted by molar-refractivity contribution is 5.96. The molecule has 0 spiro atoms. The van der Waals surface area contributed by atoms with Crippen LogP contribution in [-0.2, 0) is 14.3 Å². The Morgan fingerprint density at radius 1 is 1.04 bits per heavy atom. The number of carbonyl (C=O) groups excluding carboxylic acids is 3. The van der Waals surface area contributed by atoms with Crippen molar-refractivity contribution in [3.05, 3.63) is 65.2 Å². The molecule has 0 heterocycles. The average molecular weight is 338 g/mol. The van der Waals surface area contributed by atoms with E-state index in [1.165, 1.54) is 37.4 Å². The third-order valence-electron chi connectivity index (χ3n) is 3.15. The first-order chi connectivity index (χ1) is 12.0. The number of esters is 2. The van der Waals surface area contributed by atoms with E-state index < -0.39 is 24.5 Å². The molecule has 2 aromatic carbocycles. The summed E-state index contributed by atoms with van der Waals surface area (Å²) < 4.78 is 9.47. The number of benzene rings is 2. The van der Waals surface area contributed by atoms with Crippen LogP contribution in [0.3, 0.4) is 0 Å². The first kappa shape index (κ1) is 17.7. The summed E-state index contributed by atoms with van der Waals surface area (Å²) in [5.41, 5.74) is 1.34. The van der Waals surface area contributed by atoms with Gasteiger partial charge in [0.05, 0.1) is 29.9 Å². The van der Waals surface area contributed by atoms with Crippen molar-refractivity contribution in [3.8, 4) is 6.07 Å². The van der Waals surface area contributed by atoms with Gasteiger partial charge in [-0.1, -0.05) is 6.07 Å². The standard InChI is InChI=1S/C18H14N2O5/c1-24-17(22)13-5-7-14(8-6-13)18(23)25-11-16(21)20-15-4-2-3-12(9-15)10-19/h2-9H,11H2,1H3,(H,20,21). The molecule has 0 aliphatic heterocycles. The van der Waals surface area contributed by atoms with Crippen molar-refractivity contribution in [1.82, 2.24) is 0 Å². The second kappa shape index (κ2) is 8.26. The molecule has 0 aromatic heterocycles. The number of amides is 1. The largest absolute Gasteiger partial charge is 0.465 e. The van der Waals surface area contributed by atoms with Crippen molar-refractivity contribution in [1.29, 1.82) is 5.26 Å². The zero-order valence-corrected chi connectivity index (χ0v) is 13.3. The van der Waals surface area contributed by atoms with Gasteiger partial charge in [0.2, 0.25) is 0 Å². The van der Waals surface area contributed by atoms with Crippen LogP contribution in [-0.4, -0.2) is 31.6 Å². The lowest BCUT2D eigenvalue weighted by Crippen LogP contribution is -2.21. The minimum Gasteiger partial charge on any atom is -0.465 e. The fourth-order valence-electron chi connectivity index (χ4n) is 1.94. The Labute approximate surface area is 143 Å². The third kappa shape index (κ3) is 4.91. The monoisotopic (exact) mass is 338 g/mol. The summed E-state index contributed by atoms with van der Waals surface area (Å²) in [5.74, 6) is -1.74. The number of nitriles is 1. The number of anilines is 1. The molecular formula is C18H14N2O5. The minimum atomic E-state index is -0.697. The molecule has 0 bridgehead atoms. The van der Waals surface area contributed by atoms with Gasteiger partial charge in [-0.3, -0.25) is 4.79 Å². The molecule has 0 saturated carbocycles. The molecule has 1 N–H and O–H groups in total. The normalized spacial score (nSPS) is 9.60. The van der Waals surface area contributed by atoms with E-state index in [-0.39, 0.29) is 5.56 Å². The first-order valence-corrected chi connectivity index (χ1v) is 7.19. The minimum absolute atomic E-state index is 0.201. The van der Waals surface area contributed by atoms with E-state index in [0.717, 1.165) is 0 Å². The van der Waals surface area contributed by atoms with Crippen LogP contribution in [0.2, 0.25) is 0 Å². The molecule has 0 radical (unpaired) electrons. The van der Waals surface area contributed by atoms with Crippen molar-refractivity contribution in [2.45, 2.75) is 0 Å². The van der Waals surface area contributed by atoms with E-state index in [2.05, 4.69) is 10.1 Å². The predicted octanol–water partition coefficient (Wildman–Crippen LogP) is 2.14. The Bertz CT molecular complexity index is 837. The molecule has 0 fully saturated rings. The SMILES string of the molecule is COC(=O)c1ccc(C(=O)OCC(=O)Nc2cccc(C#N)c2)cc1. The number of nitrogens with one attached hydrogen (secondary N) is 1. The maximum Gasteiger partial charge on any atom is 0.338 e.